The number of aliphatic hydroxyl groups is 1. The molecular weight excluding hydrogens is 214 g/mol. The molecule has 3 rings (SSSR count). The van der Waals surface area contributed by atoms with Crippen LogP contribution in [0.2, 0.25) is 0 Å². The molecule has 1 N–H and O–H groups in total. The molecule has 96 valence electrons. The molecule has 1 heterocycles. The first-order valence-corrected chi connectivity index (χ1v) is 7.13. The van der Waals surface area contributed by atoms with Crippen LogP contribution in [0.4, 0.5) is 0 Å². The first kappa shape index (κ1) is 11.5. The molecular formula is C14H23NO2. The Bertz CT molecular complexity index is 295. The Hall–Kier alpha value is -0.570. The van der Waals surface area contributed by atoms with Crippen molar-refractivity contribution in [3.05, 3.63) is 0 Å². The molecule has 3 fully saturated rings. The number of aliphatic hydroxyl groups excluding tert-OH is 1. The third kappa shape index (κ3) is 2.35. The third-order valence-electron chi connectivity index (χ3n) is 4.76. The van der Waals surface area contributed by atoms with Gasteiger partial charge in [0.05, 0.1) is 6.10 Å². The maximum Gasteiger partial charge on any atom is 0.226 e. The van der Waals surface area contributed by atoms with Crippen LogP contribution in [0.15, 0.2) is 0 Å². The van der Waals surface area contributed by atoms with E-state index in [2.05, 4.69) is 0 Å². The Labute approximate surface area is 103 Å². The molecule has 1 saturated heterocycles. The predicted octanol–water partition coefficient (Wildman–Crippen LogP) is 1.65. The van der Waals surface area contributed by atoms with Gasteiger partial charge in [0.1, 0.15) is 0 Å². The summed E-state index contributed by atoms with van der Waals surface area (Å²) in [6.07, 6.45) is 5.77. The summed E-state index contributed by atoms with van der Waals surface area (Å²) in [6, 6.07) is 0. The van der Waals surface area contributed by atoms with E-state index in [1.165, 1.54) is 25.7 Å². The number of hydrogen-bond donors (Lipinski definition) is 1. The maximum atomic E-state index is 12.5. The predicted molar refractivity (Wildman–Crippen MR) is 65.3 cm³/mol. The van der Waals surface area contributed by atoms with E-state index in [4.69, 9.17) is 0 Å². The molecule has 0 aromatic rings. The number of nitrogens with zero attached hydrogens (tertiary/aromatic N) is 1. The second-order valence-electron chi connectivity index (χ2n) is 6.27. The van der Waals surface area contributed by atoms with Gasteiger partial charge in [0.15, 0.2) is 0 Å². The monoisotopic (exact) mass is 237 g/mol. The van der Waals surface area contributed by atoms with E-state index in [1.807, 2.05) is 11.8 Å². The van der Waals surface area contributed by atoms with Gasteiger partial charge in [-0.2, -0.15) is 0 Å². The molecule has 2 aliphatic carbocycles. The summed E-state index contributed by atoms with van der Waals surface area (Å²) >= 11 is 0. The van der Waals surface area contributed by atoms with Crippen molar-refractivity contribution >= 4 is 5.91 Å². The fourth-order valence-corrected chi connectivity index (χ4v) is 3.29. The van der Waals surface area contributed by atoms with Crippen molar-refractivity contribution in [3.63, 3.8) is 0 Å². The lowest BCUT2D eigenvalue weighted by Gasteiger charge is -2.24. The summed E-state index contributed by atoms with van der Waals surface area (Å²) in [6.45, 7) is 3.49. The van der Waals surface area contributed by atoms with Gasteiger partial charge in [-0.3, -0.25) is 4.79 Å². The van der Waals surface area contributed by atoms with E-state index in [0.717, 1.165) is 19.5 Å². The van der Waals surface area contributed by atoms with Gasteiger partial charge in [-0.1, -0.05) is 0 Å². The van der Waals surface area contributed by atoms with E-state index >= 15 is 0 Å². The third-order valence-corrected chi connectivity index (χ3v) is 4.76. The van der Waals surface area contributed by atoms with Crippen LogP contribution in [0, 0.1) is 23.7 Å². The maximum absolute atomic E-state index is 12.5. The minimum Gasteiger partial charge on any atom is -0.393 e. The molecule has 3 heteroatoms. The van der Waals surface area contributed by atoms with Crippen LogP contribution in [0.1, 0.15) is 39.0 Å². The van der Waals surface area contributed by atoms with Crippen molar-refractivity contribution in [2.45, 2.75) is 45.1 Å². The standard InChI is InChI=1S/C14H23NO2/c1-9(16)12-6-7-15(8-12)14(17)13(10-2-3-10)11-4-5-11/h9-13,16H,2-8H2,1H3. The van der Waals surface area contributed by atoms with Crippen LogP contribution in [0.3, 0.4) is 0 Å². The van der Waals surface area contributed by atoms with Gasteiger partial charge in [0, 0.05) is 24.9 Å². The van der Waals surface area contributed by atoms with Crippen LogP contribution >= 0.6 is 0 Å². The van der Waals surface area contributed by atoms with Crippen molar-refractivity contribution in [1.82, 2.24) is 4.90 Å². The fourth-order valence-electron chi connectivity index (χ4n) is 3.29. The molecule has 3 nitrogen and oxygen atoms in total. The highest BCUT2D eigenvalue weighted by Gasteiger charge is 2.47. The number of likely N-dealkylation sites (tertiary alicyclic amines) is 1. The van der Waals surface area contributed by atoms with E-state index in [-0.39, 0.29) is 6.10 Å². The SMILES string of the molecule is CC(O)C1CCN(C(=O)C(C2CC2)C2CC2)C1. The summed E-state index contributed by atoms with van der Waals surface area (Å²) in [5, 5.41) is 9.60. The Morgan fingerprint density at radius 2 is 1.71 bits per heavy atom. The Balaban J connectivity index is 1.61. The van der Waals surface area contributed by atoms with E-state index in [0.29, 0.717) is 29.6 Å². The lowest BCUT2D eigenvalue weighted by atomic mass is 9.96. The number of rotatable bonds is 4. The van der Waals surface area contributed by atoms with E-state index in [1.54, 1.807) is 0 Å². The van der Waals surface area contributed by atoms with Crippen molar-refractivity contribution in [2.75, 3.05) is 13.1 Å². The number of carbonyl (C=O) groups excluding carboxylic acids is 1. The molecule has 1 aliphatic heterocycles. The fraction of sp³-hybridized carbons (Fsp3) is 0.929. The zero-order valence-corrected chi connectivity index (χ0v) is 10.6. The molecule has 0 spiro atoms. The number of hydrogen-bond acceptors (Lipinski definition) is 2. The molecule has 2 atom stereocenters. The summed E-state index contributed by atoms with van der Waals surface area (Å²) in [7, 11) is 0. The lowest BCUT2D eigenvalue weighted by Crippen LogP contribution is -2.37. The topological polar surface area (TPSA) is 40.5 Å². The molecule has 0 aromatic heterocycles. The summed E-state index contributed by atoms with van der Waals surface area (Å²) < 4.78 is 0. The van der Waals surface area contributed by atoms with Gasteiger partial charge in [-0.15, -0.1) is 0 Å². The van der Waals surface area contributed by atoms with Gasteiger partial charge in [-0.25, -0.2) is 0 Å². The van der Waals surface area contributed by atoms with Crippen molar-refractivity contribution in [1.29, 1.82) is 0 Å². The largest absolute Gasteiger partial charge is 0.393 e. The molecule has 0 radical (unpaired) electrons. The highest BCUT2D eigenvalue weighted by atomic mass is 16.3. The summed E-state index contributed by atoms with van der Waals surface area (Å²) in [5.41, 5.74) is 0. The summed E-state index contributed by atoms with van der Waals surface area (Å²) in [4.78, 5) is 14.5. The van der Waals surface area contributed by atoms with Crippen LogP contribution in [-0.4, -0.2) is 35.1 Å². The van der Waals surface area contributed by atoms with Gasteiger partial charge < -0.3 is 10.0 Å². The quantitative estimate of drug-likeness (QED) is 0.807. The van der Waals surface area contributed by atoms with Gasteiger partial charge in [-0.05, 0) is 50.9 Å². The molecule has 3 aliphatic rings. The zero-order valence-electron chi connectivity index (χ0n) is 10.6. The average molecular weight is 237 g/mol. The van der Waals surface area contributed by atoms with E-state index < -0.39 is 0 Å². The lowest BCUT2D eigenvalue weighted by molar-refractivity contribution is -0.136. The molecule has 0 bridgehead atoms. The first-order chi connectivity index (χ1) is 8.16. The van der Waals surface area contributed by atoms with Crippen LogP contribution in [-0.2, 0) is 4.79 Å². The number of amides is 1. The Morgan fingerprint density at radius 1 is 1.12 bits per heavy atom. The highest BCUT2D eigenvalue weighted by molar-refractivity contribution is 5.80. The molecule has 17 heavy (non-hydrogen) atoms. The highest BCUT2D eigenvalue weighted by Crippen LogP contribution is 2.50. The smallest absolute Gasteiger partial charge is 0.226 e. The Morgan fingerprint density at radius 3 is 2.12 bits per heavy atom. The van der Waals surface area contributed by atoms with Crippen molar-refractivity contribution in [3.8, 4) is 0 Å². The van der Waals surface area contributed by atoms with Gasteiger partial charge in [0.2, 0.25) is 5.91 Å². The summed E-state index contributed by atoms with van der Waals surface area (Å²) in [5.74, 6) is 2.43. The molecule has 2 saturated carbocycles. The normalized spacial score (nSPS) is 31.0. The van der Waals surface area contributed by atoms with Crippen LogP contribution in [0.5, 0.6) is 0 Å². The van der Waals surface area contributed by atoms with Gasteiger partial charge in [0.25, 0.3) is 0 Å². The minimum atomic E-state index is -0.270. The number of carbonyl (C=O) groups is 1. The molecule has 0 aromatic carbocycles. The second-order valence-corrected chi connectivity index (χ2v) is 6.27. The van der Waals surface area contributed by atoms with E-state index in [9.17, 15) is 9.90 Å². The first-order valence-electron chi connectivity index (χ1n) is 7.13. The van der Waals surface area contributed by atoms with Crippen LogP contribution in [0.25, 0.3) is 0 Å². The second kappa shape index (κ2) is 4.27. The van der Waals surface area contributed by atoms with Crippen LogP contribution < -0.4 is 0 Å². The van der Waals surface area contributed by atoms with Crippen molar-refractivity contribution < 1.29 is 9.90 Å². The Kier molecular flexibility index (Phi) is 2.89. The molecule has 2 unspecified atom stereocenters. The van der Waals surface area contributed by atoms with Gasteiger partial charge >= 0.3 is 0 Å². The average Bonchev–Trinajstić information content (AvgIpc) is 3.21. The minimum absolute atomic E-state index is 0.270. The molecule has 1 amide bonds. The van der Waals surface area contributed by atoms with Crippen molar-refractivity contribution in [2.24, 2.45) is 23.7 Å². The zero-order chi connectivity index (χ0) is 12.0.